The summed E-state index contributed by atoms with van der Waals surface area (Å²) in [6.07, 6.45) is -0.606. The number of hydrogen-bond donors (Lipinski definition) is 1. The number of alkyl carbamates (subject to hydrolysis) is 1. The quantitative estimate of drug-likeness (QED) is 0.292. The first-order chi connectivity index (χ1) is 16.2. The minimum Gasteiger partial charge on any atom is -0.445 e. The second-order valence-corrected chi connectivity index (χ2v) is 13.3. The Labute approximate surface area is 201 Å². The third-order valence-corrected chi connectivity index (χ3v) is 10.8. The van der Waals surface area contributed by atoms with E-state index in [9.17, 15) is 14.9 Å². The van der Waals surface area contributed by atoms with Gasteiger partial charge < -0.3 is 14.5 Å². The number of benzene rings is 3. The lowest BCUT2D eigenvalue weighted by atomic mass is 10.1. The molecule has 7 nitrogen and oxygen atoms in total. The maximum Gasteiger partial charge on any atom is 0.407 e. The van der Waals surface area contributed by atoms with Crippen LogP contribution in [0.3, 0.4) is 0 Å². The maximum absolute atomic E-state index is 11.6. The van der Waals surface area contributed by atoms with Crippen molar-refractivity contribution in [1.82, 2.24) is 5.32 Å². The van der Waals surface area contributed by atoms with E-state index in [1.54, 1.807) is 6.07 Å². The number of non-ortho nitro benzene ring substituents is 1. The molecular formula is C26H30N2O5Si. The summed E-state index contributed by atoms with van der Waals surface area (Å²) in [6.45, 7) is 6.68. The van der Waals surface area contributed by atoms with Gasteiger partial charge in [0, 0.05) is 24.7 Å². The smallest absolute Gasteiger partial charge is 0.407 e. The van der Waals surface area contributed by atoms with E-state index in [4.69, 9.17) is 9.16 Å². The van der Waals surface area contributed by atoms with Crippen molar-refractivity contribution >= 4 is 30.5 Å². The van der Waals surface area contributed by atoms with Gasteiger partial charge in [-0.2, -0.15) is 0 Å². The van der Waals surface area contributed by atoms with Gasteiger partial charge in [0.1, 0.15) is 6.61 Å². The lowest BCUT2D eigenvalue weighted by Gasteiger charge is -2.43. The number of rotatable bonds is 8. The molecule has 0 aliphatic heterocycles. The fourth-order valence-electron chi connectivity index (χ4n) is 4.16. The molecule has 0 saturated carbocycles. The van der Waals surface area contributed by atoms with E-state index < -0.39 is 19.3 Å². The molecule has 0 aromatic heterocycles. The highest BCUT2D eigenvalue weighted by Gasteiger charge is 2.50. The zero-order valence-electron chi connectivity index (χ0n) is 19.9. The van der Waals surface area contributed by atoms with E-state index in [0.29, 0.717) is 5.56 Å². The Morgan fingerprint density at radius 3 is 1.94 bits per heavy atom. The summed E-state index contributed by atoms with van der Waals surface area (Å²) in [4.78, 5) is 22.5. The molecule has 3 rings (SSSR count). The van der Waals surface area contributed by atoms with Gasteiger partial charge in [-0.3, -0.25) is 10.1 Å². The minimum atomic E-state index is -2.80. The Kier molecular flexibility index (Phi) is 7.85. The molecule has 0 atom stereocenters. The number of nitrogens with zero attached hydrogens (tertiary/aromatic N) is 1. The summed E-state index contributed by atoms with van der Waals surface area (Å²) in [5.74, 6) is 0. The predicted molar refractivity (Wildman–Crippen MR) is 135 cm³/mol. The first-order valence-electron chi connectivity index (χ1n) is 11.0. The van der Waals surface area contributed by atoms with Crippen molar-refractivity contribution in [3.63, 3.8) is 0 Å². The fraction of sp³-hybridized carbons (Fsp3) is 0.269. The number of nitrogens with one attached hydrogen (secondary N) is 1. The second-order valence-electron chi connectivity index (χ2n) is 8.99. The van der Waals surface area contributed by atoms with E-state index in [1.165, 1.54) is 19.2 Å². The van der Waals surface area contributed by atoms with Crippen LogP contribution in [0.25, 0.3) is 0 Å². The van der Waals surface area contributed by atoms with Gasteiger partial charge in [-0.1, -0.05) is 81.4 Å². The van der Waals surface area contributed by atoms with Crippen molar-refractivity contribution in [2.45, 2.75) is 39.0 Å². The number of amides is 1. The molecule has 1 amide bonds. The Bertz CT molecular complexity index is 1090. The van der Waals surface area contributed by atoms with Crippen molar-refractivity contribution in [1.29, 1.82) is 0 Å². The highest BCUT2D eigenvalue weighted by molar-refractivity contribution is 6.99. The number of nitro benzene ring substituents is 1. The summed E-state index contributed by atoms with van der Waals surface area (Å²) in [7, 11) is -1.33. The Morgan fingerprint density at radius 2 is 1.47 bits per heavy atom. The monoisotopic (exact) mass is 478 g/mol. The van der Waals surface area contributed by atoms with Gasteiger partial charge in [0.05, 0.1) is 11.5 Å². The lowest BCUT2D eigenvalue weighted by Crippen LogP contribution is -2.66. The first kappa shape index (κ1) is 25.1. The summed E-state index contributed by atoms with van der Waals surface area (Å²) >= 11 is 0. The van der Waals surface area contributed by atoms with Gasteiger partial charge >= 0.3 is 6.09 Å². The predicted octanol–water partition coefficient (Wildman–Crippen LogP) is 4.53. The van der Waals surface area contributed by atoms with Crippen LogP contribution in [0.2, 0.25) is 5.04 Å². The molecule has 0 heterocycles. The van der Waals surface area contributed by atoms with Crippen molar-refractivity contribution in [2.24, 2.45) is 0 Å². The topological polar surface area (TPSA) is 90.7 Å². The van der Waals surface area contributed by atoms with Gasteiger partial charge in [-0.15, -0.1) is 0 Å². The van der Waals surface area contributed by atoms with Crippen LogP contribution in [0.15, 0.2) is 78.9 Å². The van der Waals surface area contributed by atoms with Crippen molar-refractivity contribution in [3.05, 3.63) is 100 Å². The number of carbonyl (C=O) groups is 1. The molecular weight excluding hydrogens is 448 g/mol. The van der Waals surface area contributed by atoms with Crippen LogP contribution in [0.4, 0.5) is 10.5 Å². The number of hydrogen-bond acceptors (Lipinski definition) is 5. The second kappa shape index (κ2) is 10.6. The number of nitro groups is 1. The number of carbonyl (C=O) groups excluding carboxylic acids is 1. The summed E-state index contributed by atoms with van der Waals surface area (Å²) in [6, 6.07) is 25.0. The van der Waals surface area contributed by atoms with Crippen LogP contribution in [0, 0.1) is 10.1 Å². The van der Waals surface area contributed by atoms with Crippen molar-refractivity contribution in [2.75, 3.05) is 7.05 Å². The summed E-state index contributed by atoms with van der Waals surface area (Å²) < 4.78 is 12.1. The molecule has 0 aliphatic rings. The average Bonchev–Trinajstić information content (AvgIpc) is 2.83. The third-order valence-electron chi connectivity index (χ3n) is 5.82. The zero-order chi connectivity index (χ0) is 24.8. The van der Waals surface area contributed by atoms with Crippen LogP contribution in [-0.2, 0) is 22.4 Å². The summed E-state index contributed by atoms with van der Waals surface area (Å²) in [5, 5.41) is 15.8. The van der Waals surface area contributed by atoms with E-state index in [0.717, 1.165) is 15.9 Å². The molecule has 0 spiro atoms. The van der Waals surface area contributed by atoms with E-state index in [1.807, 2.05) is 36.4 Å². The van der Waals surface area contributed by atoms with Gasteiger partial charge in [0.25, 0.3) is 14.0 Å². The zero-order valence-corrected chi connectivity index (χ0v) is 20.9. The van der Waals surface area contributed by atoms with Crippen molar-refractivity contribution in [3.8, 4) is 0 Å². The highest BCUT2D eigenvalue weighted by atomic mass is 28.4. The van der Waals surface area contributed by atoms with Gasteiger partial charge in [0.2, 0.25) is 0 Å². The van der Waals surface area contributed by atoms with E-state index in [-0.39, 0.29) is 23.9 Å². The maximum atomic E-state index is 11.6. The summed E-state index contributed by atoms with van der Waals surface area (Å²) in [5.41, 5.74) is 1.21. The fourth-order valence-corrected chi connectivity index (χ4v) is 8.69. The molecule has 8 heteroatoms. The molecule has 0 radical (unpaired) electrons. The molecule has 1 N–H and O–H groups in total. The first-order valence-corrected chi connectivity index (χ1v) is 13.0. The normalized spacial score (nSPS) is 11.6. The van der Waals surface area contributed by atoms with Crippen LogP contribution in [0.1, 0.15) is 31.9 Å². The molecule has 0 fully saturated rings. The Balaban J connectivity index is 2.07. The molecule has 34 heavy (non-hydrogen) atoms. The van der Waals surface area contributed by atoms with Gasteiger partial charge in [0.15, 0.2) is 0 Å². The molecule has 178 valence electrons. The lowest BCUT2D eigenvalue weighted by molar-refractivity contribution is -0.385. The molecule has 0 saturated heterocycles. The molecule has 3 aromatic carbocycles. The van der Waals surface area contributed by atoms with Crippen molar-refractivity contribution < 1.29 is 18.9 Å². The molecule has 0 aliphatic carbocycles. The SMILES string of the molecule is CNC(=O)OCc1cc([N+](=O)[O-])ccc1CO[Si](c1ccccc1)(c1ccccc1)C(C)(C)C. The van der Waals surface area contributed by atoms with Crippen LogP contribution >= 0.6 is 0 Å². The van der Waals surface area contributed by atoms with Gasteiger partial charge in [-0.25, -0.2) is 4.79 Å². The van der Waals surface area contributed by atoms with E-state index in [2.05, 4.69) is 50.4 Å². The molecule has 0 unspecified atom stereocenters. The largest absolute Gasteiger partial charge is 0.445 e. The molecule has 0 bridgehead atoms. The Hall–Kier alpha value is -3.49. The molecule has 3 aromatic rings. The third kappa shape index (κ3) is 5.35. The van der Waals surface area contributed by atoms with Crippen LogP contribution < -0.4 is 15.7 Å². The van der Waals surface area contributed by atoms with Gasteiger partial charge in [-0.05, 0) is 27.0 Å². The average molecular weight is 479 g/mol. The minimum absolute atomic E-state index is 0.0651. The van der Waals surface area contributed by atoms with Crippen LogP contribution in [-0.4, -0.2) is 26.4 Å². The van der Waals surface area contributed by atoms with Crippen LogP contribution in [0.5, 0.6) is 0 Å². The standard InChI is InChI=1S/C26H30N2O5Si/c1-26(2,3)34(23-11-7-5-8-12-23,24-13-9-6-10-14-24)33-19-20-15-16-22(28(30)31)17-21(20)18-32-25(29)27-4/h5-17H,18-19H2,1-4H3,(H,27,29). The highest BCUT2D eigenvalue weighted by Crippen LogP contribution is 2.37. The Morgan fingerprint density at radius 1 is 0.912 bits per heavy atom. The number of ether oxygens (including phenoxy) is 1. The van der Waals surface area contributed by atoms with E-state index >= 15 is 0 Å².